The summed E-state index contributed by atoms with van der Waals surface area (Å²) < 4.78 is 22.0. The molecule has 0 fully saturated rings. The van der Waals surface area contributed by atoms with Crippen molar-refractivity contribution in [1.29, 1.82) is 0 Å². The molecule has 0 saturated heterocycles. The van der Waals surface area contributed by atoms with Gasteiger partial charge in [0.15, 0.2) is 0 Å². The van der Waals surface area contributed by atoms with Crippen LogP contribution in [0.4, 0.5) is 0 Å². The van der Waals surface area contributed by atoms with Crippen LogP contribution in [0.1, 0.15) is 76.6 Å². The van der Waals surface area contributed by atoms with Crippen molar-refractivity contribution in [3.63, 3.8) is 0 Å². The minimum Gasteiger partial charge on any atom is -0.476 e. The van der Waals surface area contributed by atoms with E-state index in [9.17, 15) is 9.59 Å². The van der Waals surface area contributed by atoms with Crippen LogP contribution in [0.2, 0.25) is 10.0 Å². The zero-order chi connectivity index (χ0) is 35.2. The molecule has 0 amide bonds. The maximum Gasteiger partial charge on any atom is 0.350 e. The van der Waals surface area contributed by atoms with E-state index in [2.05, 4.69) is 0 Å². The van der Waals surface area contributed by atoms with E-state index < -0.39 is 11.2 Å². The second-order valence-electron chi connectivity index (χ2n) is 11.7. The lowest BCUT2D eigenvalue weighted by Gasteiger charge is -2.27. The van der Waals surface area contributed by atoms with E-state index in [0.717, 1.165) is 22.9 Å². The van der Waals surface area contributed by atoms with Crippen LogP contribution >= 0.6 is 23.2 Å². The maximum absolute atomic E-state index is 12.1. The molecule has 0 aliphatic carbocycles. The molecular weight excluding hydrogens is 647 g/mol. The summed E-state index contributed by atoms with van der Waals surface area (Å²) in [7, 11) is 0. The Bertz CT molecular complexity index is 1450. The number of hydrogen-bond donors (Lipinski definition) is 0. The van der Waals surface area contributed by atoms with Gasteiger partial charge in [-0.25, -0.2) is 9.59 Å². The van der Waals surface area contributed by atoms with Gasteiger partial charge < -0.3 is 18.9 Å². The van der Waals surface area contributed by atoms with Crippen LogP contribution in [-0.4, -0.2) is 36.4 Å². The Morgan fingerprint density at radius 2 is 0.771 bits per heavy atom. The molecule has 0 aromatic heterocycles. The predicted octanol–water partition coefficient (Wildman–Crippen LogP) is 10.1. The summed E-state index contributed by atoms with van der Waals surface area (Å²) in [6, 6.07) is 31.2. The van der Waals surface area contributed by atoms with E-state index in [1.807, 2.05) is 111 Å². The standard InChI is InChI=1S/2C20H23ClO3/c2*1-4-20(3,19(22)23-5-2)24-18-12-8-16(9-13-18)14-15-6-10-17(21)11-7-15/h2*6-13H,4-5,14H2,1-3H3. The van der Waals surface area contributed by atoms with Crippen molar-refractivity contribution in [2.45, 2.75) is 78.4 Å². The fourth-order valence-corrected chi connectivity index (χ4v) is 4.88. The number of halogens is 2. The number of carbonyl (C=O) groups excluding carboxylic acids is 2. The Morgan fingerprint density at radius 3 is 1.02 bits per heavy atom. The first-order chi connectivity index (χ1) is 22.9. The molecular formula is C40H46Cl2O6. The molecule has 0 aliphatic heterocycles. The molecule has 0 aliphatic rings. The number of rotatable bonds is 14. The van der Waals surface area contributed by atoms with Gasteiger partial charge in [0.1, 0.15) is 11.5 Å². The predicted molar refractivity (Wildman–Crippen MR) is 193 cm³/mol. The van der Waals surface area contributed by atoms with Crippen LogP contribution in [0, 0.1) is 0 Å². The van der Waals surface area contributed by atoms with Gasteiger partial charge in [0.05, 0.1) is 13.2 Å². The van der Waals surface area contributed by atoms with Crippen LogP contribution in [0.15, 0.2) is 97.1 Å². The molecule has 4 aromatic rings. The average molecular weight is 694 g/mol. The molecule has 0 N–H and O–H groups in total. The van der Waals surface area contributed by atoms with E-state index in [1.54, 1.807) is 27.7 Å². The highest BCUT2D eigenvalue weighted by atomic mass is 35.5. The molecule has 4 rings (SSSR count). The van der Waals surface area contributed by atoms with Crippen LogP contribution in [0.3, 0.4) is 0 Å². The first-order valence-electron chi connectivity index (χ1n) is 16.3. The molecule has 0 bridgehead atoms. The lowest BCUT2D eigenvalue weighted by atomic mass is 10.0. The van der Waals surface area contributed by atoms with Crippen LogP contribution in [0.5, 0.6) is 11.5 Å². The van der Waals surface area contributed by atoms with Crippen LogP contribution in [0.25, 0.3) is 0 Å². The number of esters is 2. The SMILES string of the molecule is CCOC(=O)C(C)(CC)Oc1ccc(Cc2ccc(Cl)cc2)cc1.CCOC(=O)C(C)(CC)Oc1ccc(Cc2ccc(Cl)cc2)cc1. The van der Waals surface area contributed by atoms with Gasteiger partial charge >= 0.3 is 11.9 Å². The second-order valence-corrected chi connectivity index (χ2v) is 12.6. The summed E-state index contributed by atoms with van der Waals surface area (Å²) >= 11 is 11.8. The average Bonchev–Trinajstić information content (AvgIpc) is 3.09. The number of benzene rings is 4. The van der Waals surface area contributed by atoms with Crippen molar-refractivity contribution < 1.29 is 28.5 Å². The summed E-state index contributed by atoms with van der Waals surface area (Å²) in [6.45, 7) is 11.6. The Labute approximate surface area is 295 Å². The Hall–Kier alpha value is -4.00. The third-order valence-electron chi connectivity index (χ3n) is 7.94. The maximum atomic E-state index is 12.1. The van der Waals surface area contributed by atoms with Gasteiger partial charge in [-0.3, -0.25) is 0 Å². The first-order valence-corrected chi connectivity index (χ1v) is 17.1. The first kappa shape index (κ1) is 38.4. The second kappa shape index (κ2) is 18.5. The Morgan fingerprint density at radius 1 is 0.500 bits per heavy atom. The summed E-state index contributed by atoms with van der Waals surface area (Å²) in [5, 5.41) is 1.47. The van der Waals surface area contributed by atoms with Crippen molar-refractivity contribution in [2.24, 2.45) is 0 Å². The van der Waals surface area contributed by atoms with Gasteiger partial charge in [0.25, 0.3) is 0 Å². The monoisotopic (exact) mass is 692 g/mol. The van der Waals surface area contributed by atoms with Crippen LogP contribution in [-0.2, 0) is 31.9 Å². The number of ether oxygens (including phenoxy) is 4. The quantitative estimate of drug-likeness (QED) is 0.123. The molecule has 0 spiro atoms. The lowest BCUT2D eigenvalue weighted by Crippen LogP contribution is -2.42. The van der Waals surface area contributed by atoms with Gasteiger partial charge in [-0.2, -0.15) is 0 Å². The Balaban J connectivity index is 0.000000260. The minimum absolute atomic E-state index is 0.335. The van der Waals surface area contributed by atoms with Crippen molar-refractivity contribution in [2.75, 3.05) is 13.2 Å². The highest BCUT2D eigenvalue weighted by Gasteiger charge is 2.36. The van der Waals surface area contributed by atoms with Crippen LogP contribution < -0.4 is 9.47 Å². The molecule has 8 heteroatoms. The van der Waals surface area contributed by atoms with Gasteiger partial charge in [-0.15, -0.1) is 0 Å². The lowest BCUT2D eigenvalue weighted by molar-refractivity contribution is -0.161. The van der Waals surface area contributed by atoms with Gasteiger partial charge in [0, 0.05) is 10.0 Å². The van der Waals surface area contributed by atoms with Gasteiger partial charge in [-0.1, -0.05) is 85.6 Å². The Kier molecular flexibility index (Phi) is 14.8. The number of hydrogen-bond acceptors (Lipinski definition) is 6. The molecule has 256 valence electrons. The molecule has 2 atom stereocenters. The number of carbonyl (C=O) groups is 2. The highest BCUT2D eigenvalue weighted by Crippen LogP contribution is 2.26. The zero-order valence-electron chi connectivity index (χ0n) is 28.7. The third kappa shape index (κ3) is 11.6. The largest absolute Gasteiger partial charge is 0.476 e. The third-order valence-corrected chi connectivity index (χ3v) is 8.44. The molecule has 0 radical (unpaired) electrons. The molecule has 6 nitrogen and oxygen atoms in total. The van der Waals surface area contributed by atoms with Crippen molar-refractivity contribution in [3.8, 4) is 11.5 Å². The zero-order valence-corrected chi connectivity index (χ0v) is 30.2. The molecule has 0 saturated carbocycles. The van der Waals surface area contributed by atoms with Crippen molar-refractivity contribution >= 4 is 35.1 Å². The molecule has 2 unspecified atom stereocenters. The summed E-state index contributed by atoms with van der Waals surface area (Å²) in [4.78, 5) is 24.2. The molecule has 48 heavy (non-hydrogen) atoms. The van der Waals surface area contributed by atoms with E-state index in [4.69, 9.17) is 42.1 Å². The highest BCUT2D eigenvalue weighted by molar-refractivity contribution is 6.30. The minimum atomic E-state index is -0.965. The van der Waals surface area contributed by atoms with Gasteiger partial charge in [0.2, 0.25) is 11.2 Å². The smallest absolute Gasteiger partial charge is 0.350 e. The molecule has 4 aromatic carbocycles. The summed E-state index contributed by atoms with van der Waals surface area (Å²) in [6.07, 6.45) is 2.72. The van der Waals surface area contributed by atoms with Crippen molar-refractivity contribution in [3.05, 3.63) is 129 Å². The van der Waals surface area contributed by atoms with E-state index in [-0.39, 0.29) is 11.9 Å². The summed E-state index contributed by atoms with van der Waals surface area (Å²) in [5.74, 6) is 0.648. The molecule has 0 heterocycles. The fraction of sp³-hybridized carbons (Fsp3) is 0.350. The van der Waals surface area contributed by atoms with Crippen molar-refractivity contribution in [1.82, 2.24) is 0 Å². The normalized spacial score (nSPS) is 13.2. The topological polar surface area (TPSA) is 71.1 Å². The van der Waals surface area contributed by atoms with E-state index >= 15 is 0 Å². The van der Waals surface area contributed by atoms with E-state index in [1.165, 1.54) is 22.3 Å². The fourth-order valence-electron chi connectivity index (χ4n) is 4.63. The van der Waals surface area contributed by atoms with Gasteiger partial charge in [-0.05, 0) is 124 Å². The van der Waals surface area contributed by atoms with E-state index in [0.29, 0.717) is 37.6 Å². The summed E-state index contributed by atoms with van der Waals surface area (Å²) in [5.41, 5.74) is 2.79.